The average molecular weight is 383 g/mol. The fraction of sp³-hybridized carbons (Fsp3) is 0.296. The highest BCUT2D eigenvalue weighted by Gasteiger charge is 2.31. The Morgan fingerprint density at radius 2 is 1.69 bits per heavy atom. The van der Waals surface area contributed by atoms with Crippen LogP contribution in [0.3, 0.4) is 0 Å². The molecule has 1 aliphatic rings. The van der Waals surface area contributed by atoms with E-state index in [2.05, 4.69) is 94.8 Å². The van der Waals surface area contributed by atoms with Gasteiger partial charge in [0.2, 0.25) is 5.52 Å². The Kier molecular flexibility index (Phi) is 3.80. The lowest BCUT2D eigenvalue weighted by Crippen LogP contribution is -2.33. The van der Waals surface area contributed by atoms with Gasteiger partial charge in [-0.25, -0.2) is 0 Å². The molecule has 0 radical (unpaired) electrons. The number of hydrogen-bond donors (Lipinski definition) is 0. The standard InChI is InChI=1S/C27H28NO/c1-16-12-20-8-7-9-22-25(20)24(17(16)2)26-23(29-22)14-19-11-10-18(15-27(3,4)5)13-21(19)28(26)6/h7-14H,15H2,1-6H3/q+1. The Bertz CT molecular complexity index is 1310. The third-order valence-electron chi connectivity index (χ3n) is 6.15. The van der Waals surface area contributed by atoms with Gasteiger partial charge in [-0.2, -0.15) is 4.57 Å². The third kappa shape index (κ3) is 2.81. The number of benzene rings is 3. The molecule has 2 heteroatoms. The molecule has 0 spiro atoms. The van der Waals surface area contributed by atoms with Crippen LogP contribution in [0.25, 0.3) is 32.9 Å². The van der Waals surface area contributed by atoms with Gasteiger partial charge < -0.3 is 4.74 Å². The quantitative estimate of drug-likeness (QED) is 0.291. The normalized spacial score (nSPS) is 12.9. The number of fused-ring (bicyclic) bond motifs is 3. The molecule has 146 valence electrons. The summed E-state index contributed by atoms with van der Waals surface area (Å²) < 4.78 is 8.75. The lowest BCUT2D eigenvalue weighted by molar-refractivity contribution is -0.633. The Hall–Kier alpha value is -2.87. The molecule has 29 heavy (non-hydrogen) atoms. The van der Waals surface area contributed by atoms with Crippen LogP contribution < -0.4 is 9.30 Å². The molecule has 0 atom stereocenters. The topological polar surface area (TPSA) is 13.1 Å². The maximum absolute atomic E-state index is 6.42. The summed E-state index contributed by atoms with van der Waals surface area (Å²) >= 11 is 0. The Morgan fingerprint density at radius 1 is 0.897 bits per heavy atom. The first-order chi connectivity index (χ1) is 13.7. The van der Waals surface area contributed by atoms with E-state index < -0.39 is 0 Å². The van der Waals surface area contributed by atoms with Crippen LogP contribution in [-0.2, 0) is 13.5 Å². The summed E-state index contributed by atoms with van der Waals surface area (Å²) in [6.45, 7) is 11.3. The molecule has 0 N–H and O–H groups in total. The molecule has 0 unspecified atom stereocenters. The van der Waals surface area contributed by atoms with E-state index in [1.165, 1.54) is 49.6 Å². The molecule has 0 saturated carbocycles. The molecule has 0 saturated heterocycles. The summed E-state index contributed by atoms with van der Waals surface area (Å²) in [4.78, 5) is 0. The van der Waals surface area contributed by atoms with Gasteiger partial charge in [-0.1, -0.05) is 45.0 Å². The molecule has 0 amide bonds. The Morgan fingerprint density at radius 3 is 2.45 bits per heavy atom. The van der Waals surface area contributed by atoms with Crippen LogP contribution in [-0.4, -0.2) is 0 Å². The minimum Gasteiger partial charge on any atom is -0.450 e. The summed E-state index contributed by atoms with van der Waals surface area (Å²) in [6, 6.07) is 17.7. The van der Waals surface area contributed by atoms with Crippen molar-refractivity contribution in [1.29, 1.82) is 0 Å². The first-order valence-corrected chi connectivity index (χ1v) is 10.4. The number of aromatic nitrogens is 1. The van der Waals surface area contributed by atoms with Crippen LogP contribution in [0.1, 0.15) is 37.5 Å². The van der Waals surface area contributed by atoms with Gasteiger partial charge in [-0.15, -0.1) is 0 Å². The first kappa shape index (κ1) is 18.2. The summed E-state index contributed by atoms with van der Waals surface area (Å²) in [5, 5.41) is 3.68. The molecule has 1 aromatic heterocycles. The monoisotopic (exact) mass is 382 g/mol. The van der Waals surface area contributed by atoms with Crippen molar-refractivity contribution < 1.29 is 9.30 Å². The van der Waals surface area contributed by atoms with Crippen molar-refractivity contribution in [3.05, 3.63) is 65.2 Å². The highest BCUT2D eigenvalue weighted by Crippen LogP contribution is 2.47. The molecule has 1 aliphatic heterocycles. The molecule has 3 aromatic carbocycles. The Balaban J connectivity index is 1.85. The van der Waals surface area contributed by atoms with Gasteiger partial charge in [-0.3, -0.25) is 0 Å². The largest absolute Gasteiger partial charge is 0.450 e. The van der Waals surface area contributed by atoms with Crippen molar-refractivity contribution in [2.24, 2.45) is 12.5 Å². The zero-order valence-corrected chi connectivity index (χ0v) is 18.2. The second-order valence-corrected chi connectivity index (χ2v) is 9.70. The highest BCUT2D eigenvalue weighted by atomic mass is 16.5. The smallest absolute Gasteiger partial charge is 0.256 e. The molecular weight excluding hydrogens is 354 g/mol. The maximum atomic E-state index is 6.42. The molecule has 2 nitrogen and oxygen atoms in total. The SMILES string of the molecule is Cc1cc2cccc3c2c(c1C)-c1c(cc2ccc(CC(C)(C)C)cc2[n+]1C)O3. The van der Waals surface area contributed by atoms with Crippen molar-refractivity contribution in [2.45, 2.75) is 41.0 Å². The van der Waals surface area contributed by atoms with E-state index >= 15 is 0 Å². The van der Waals surface area contributed by atoms with Crippen molar-refractivity contribution in [3.8, 4) is 22.8 Å². The maximum Gasteiger partial charge on any atom is 0.256 e. The predicted molar refractivity (Wildman–Crippen MR) is 121 cm³/mol. The van der Waals surface area contributed by atoms with E-state index in [1.54, 1.807) is 0 Å². The summed E-state index contributed by atoms with van der Waals surface area (Å²) in [5.41, 5.74) is 8.03. The van der Waals surface area contributed by atoms with Crippen LogP contribution in [0, 0.1) is 19.3 Å². The van der Waals surface area contributed by atoms with Crippen molar-refractivity contribution in [3.63, 3.8) is 0 Å². The molecule has 4 aromatic rings. The van der Waals surface area contributed by atoms with Crippen LogP contribution in [0.15, 0.2) is 48.5 Å². The van der Waals surface area contributed by atoms with E-state index in [4.69, 9.17) is 4.74 Å². The second kappa shape index (κ2) is 6.06. The first-order valence-electron chi connectivity index (χ1n) is 10.4. The molecule has 2 heterocycles. The third-order valence-corrected chi connectivity index (χ3v) is 6.15. The molecule has 0 fully saturated rings. The second-order valence-electron chi connectivity index (χ2n) is 9.70. The number of hydrogen-bond acceptors (Lipinski definition) is 1. The van der Waals surface area contributed by atoms with Gasteiger partial charge in [0.1, 0.15) is 12.8 Å². The number of rotatable bonds is 1. The van der Waals surface area contributed by atoms with Crippen LogP contribution in [0.2, 0.25) is 0 Å². The van der Waals surface area contributed by atoms with Crippen LogP contribution in [0.5, 0.6) is 11.5 Å². The van der Waals surface area contributed by atoms with Crippen molar-refractivity contribution in [2.75, 3.05) is 0 Å². The molecule has 5 rings (SSSR count). The summed E-state index contributed by atoms with van der Waals surface area (Å²) in [6.07, 6.45) is 1.06. The van der Waals surface area contributed by atoms with Gasteiger partial charge in [0.05, 0.1) is 10.9 Å². The van der Waals surface area contributed by atoms with E-state index in [-0.39, 0.29) is 5.41 Å². The summed E-state index contributed by atoms with van der Waals surface area (Å²) in [5.74, 6) is 1.90. The van der Waals surface area contributed by atoms with Crippen LogP contribution >= 0.6 is 0 Å². The highest BCUT2D eigenvalue weighted by molar-refractivity contribution is 6.05. The van der Waals surface area contributed by atoms with Gasteiger partial charge in [0.25, 0.3) is 5.69 Å². The number of ether oxygens (including phenoxy) is 1. The molecular formula is C27H28NO+. The van der Waals surface area contributed by atoms with E-state index in [9.17, 15) is 0 Å². The average Bonchev–Trinajstić information content (AvgIpc) is 2.64. The zero-order chi connectivity index (χ0) is 20.5. The zero-order valence-electron chi connectivity index (χ0n) is 18.2. The van der Waals surface area contributed by atoms with Crippen LogP contribution in [0.4, 0.5) is 0 Å². The lowest BCUT2D eigenvalue weighted by atomic mass is 9.87. The van der Waals surface area contributed by atoms with Crippen molar-refractivity contribution >= 4 is 21.7 Å². The van der Waals surface area contributed by atoms with E-state index in [0.29, 0.717) is 0 Å². The van der Waals surface area contributed by atoms with Gasteiger partial charge in [-0.05, 0) is 59.9 Å². The van der Waals surface area contributed by atoms with Crippen molar-refractivity contribution in [1.82, 2.24) is 0 Å². The molecule has 0 bridgehead atoms. The minimum atomic E-state index is 0.266. The lowest BCUT2D eigenvalue weighted by Gasteiger charge is -2.22. The fourth-order valence-corrected chi connectivity index (χ4v) is 4.75. The number of nitrogens with zero attached hydrogens (tertiary/aromatic N) is 1. The van der Waals surface area contributed by atoms with Gasteiger partial charge >= 0.3 is 0 Å². The number of aryl methyl sites for hydroxylation is 2. The Labute approximate surface area is 172 Å². The fourth-order valence-electron chi connectivity index (χ4n) is 4.75. The predicted octanol–water partition coefficient (Wildman–Crippen LogP) is 6.80. The number of pyridine rings is 1. The molecule has 0 aliphatic carbocycles. The van der Waals surface area contributed by atoms with Gasteiger partial charge in [0.15, 0.2) is 5.75 Å². The van der Waals surface area contributed by atoms with E-state index in [1.807, 2.05) is 0 Å². The minimum absolute atomic E-state index is 0.266. The summed E-state index contributed by atoms with van der Waals surface area (Å²) in [7, 11) is 2.17. The van der Waals surface area contributed by atoms with E-state index in [0.717, 1.165) is 17.9 Å². The van der Waals surface area contributed by atoms with Gasteiger partial charge in [0, 0.05) is 17.5 Å².